The second-order valence-electron chi connectivity index (χ2n) is 2.68. The van der Waals surface area contributed by atoms with Crippen molar-refractivity contribution in [2.45, 2.75) is 6.42 Å². The van der Waals surface area contributed by atoms with E-state index in [1.165, 1.54) is 0 Å². The Balaban J connectivity index is 2.05. The van der Waals surface area contributed by atoms with Crippen molar-refractivity contribution in [1.82, 2.24) is 10.6 Å². The van der Waals surface area contributed by atoms with Crippen molar-refractivity contribution in [1.29, 1.82) is 0 Å². The van der Waals surface area contributed by atoms with E-state index in [0.717, 1.165) is 18.7 Å². The minimum absolute atomic E-state index is 0.000514. The lowest BCUT2D eigenvalue weighted by Crippen LogP contribution is -2.32. The first kappa shape index (κ1) is 9.80. The van der Waals surface area contributed by atoms with Gasteiger partial charge >= 0.3 is 0 Å². The van der Waals surface area contributed by atoms with Crippen LogP contribution in [0.2, 0.25) is 0 Å². The molecule has 0 aliphatic heterocycles. The van der Waals surface area contributed by atoms with Gasteiger partial charge in [-0.1, -0.05) is 0 Å². The first-order valence-corrected chi connectivity index (χ1v) is 4.26. The van der Waals surface area contributed by atoms with Gasteiger partial charge in [0.1, 0.15) is 5.76 Å². The molecular formula is C9H14N2O2. The van der Waals surface area contributed by atoms with E-state index in [2.05, 4.69) is 10.6 Å². The Hall–Kier alpha value is -1.29. The van der Waals surface area contributed by atoms with Gasteiger partial charge in [-0.3, -0.25) is 4.79 Å². The third-order valence-corrected chi connectivity index (χ3v) is 1.69. The van der Waals surface area contributed by atoms with Gasteiger partial charge in [0.15, 0.2) is 0 Å². The molecule has 0 radical (unpaired) electrons. The van der Waals surface area contributed by atoms with Crippen molar-refractivity contribution in [3.63, 3.8) is 0 Å². The lowest BCUT2D eigenvalue weighted by molar-refractivity contribution is -0.119. The highest BCUT2D eigenvalue weighted by atomic mass is 16.3. The topological polar surface area (TPSA) is 54.3 Å². The van der Waals surface area contributed by atoms with Crippen molar-refractivity contribution in [3.8, 4) is 0 Å². The molecule has 0 saturated heterocycles. The number of carbonyl (C=O) groups is 1. The summed E-state index contributed by atoms with van der Waals surface area (Å²) in [5.41, 5.74) is 0. The molecule has 0 atom stereocenters. The van der Waals surface area contributed by atoms with E-state index >= 15 is 0 Å². The summed E-state index contributed by atoms with van der Waals surface area (Å²) in [7, 11) is 1.62. The lowest BCUT2D eigenvalue weighted by Gasteiger charge is -2.01. The normalized spacial score (nSPS) is 9.92. The fourth-order valence-electron chi connectivity index (χ4n) is 0.957. The van der Waals surface area contributed by atoms with E-state index in [1.54, 1.807) is 13.3 Å². The molecule has 2 N–H and O–H groups in total. The van der Waals surface area contributed by atoms with Crippen LogP contribution < -0.4 is 10.6 Å². The van der Waals surface area contributed by atoms with E-state index in [1.807, 2.05) is 12.1 Å². The maximum atomic E-state index is 10.8. The molecule has 0 aliphatic carbocycles. The van der Waals surface area contributed by atoms with Crippen LogP contribution in [0.5, 0.6) is 0 Å². The van der Waals surface area contributed by atoms with Crippen LogP contribution in [0.4, 0.5) is 0 Å². The molecule has 0 fully saturated rings. The van der Waals surface area contributed by atoms with E-state index in [4.69, 9.17) is 4.42 Å². The van der Waals surface area contributed by atoms with E-state index in [-0.39, 0.29) is 5.91 Å². The Morgan fingerprint density at radius 2 is 2.46 bits per heavy atom. The number of hydrogen-bond acceptors (Lipinski definition) is 3. The fraction of sp³-hybridized carbons (Fsp3) is 0.444. The maximum Gasteiger partial charge on any atom is 0.233 e. The zero-order valence-corrected chi connectivity index (χ0v) is 7.67. The average molecular weight is 182 g/mol. The SMILES string of the molecule is CNC(=O)CNCCc1ccco1. The molecule has 0 aliphatic rings. The Labute approximate surface area is 77.3 Å². The Morgan fingerprint density at radius 3 is 3.08 bits per heavy atom. The number of nitrogens with one attached hydrogen (secondary N) is 2. The van der Waals surface area contributed by atoms with Crippen LogP contribution in [0.15, 0.2) is 22.8 Å². The van der Waals surface area contributed by atoms with Crippen molar-refractivity contribution in [3.05, 3.63) is 24.2 Å². The Bertz CT molecular complexity index is 244. The molecule has 4 nitrogen and oxygen atoms in total. The molecule has 13 heavy (non-hydrogen) atoms. The number of rotatable bonds is 5. The van der Waals surface area contributed by atoms with Crippen molar-refractivity contribution in [2.75, 3.05) is 20.1 Å². The highest BCUT2D eigenvalue weighted by Gasteiger charge is 1.97. The third kappa shape index (κ3) is 3.75. The molecule has 1 heterocycles. The number of carbonyl (C=O) groups excluding carboxylic acids is 1. The second kappa shape index (κ2) is 5.37. The first-order valence-electron chi connectivity index (χ1n) is 4.26. The predicted octanol–water partition coefficient (Wildman–Crippen LogP) is 0.158. The van der Waals surface area contributed by atoms with Gasteiger partial charge < -0.3 is 15.1 Å². The van der Waals surface area contributed by atoms with Crippen molar-refractivity contribution < 1.29 is 9.21 Å². The summed E-state index contributed by atoms with van der Waals surface area (Å²) in [4.78, 5) is 10.8. The number of hydrogen-bond donors (Lipinski definition) is 2. The average Bonchev–Trinajstić information content (AvgIpc) is 2.64. The highest BCUT2D eigenvalue weighted by Crippen LogP contribution is 1.98. The molecule has 0 saturated carbocycles. The lowest BCUT2D eigenvalue weighted by atomic mass is 10.3. The molecule has 0 spiro atoms. The Kier molecular flexibility index (Phi) is 4.05. The van der Waals surface area contributed by atoms with Gasteiger partial charge in [0, 0.05) is 20.0 Å². The number of amides is 1. The quantitative estimate of drug-likeness (QED) is 0.638. The molecule has 1 aromatic heterocycles. The van der Waals surface area contributed by atoms with Gasteiger partial charge in [-0.25, -0.2) is 0 Å². The minimum Gasteiger partial charge on any atom is -0.469 e. The smallest absolute Gasteiger partial charge is 0.233 e. The zero-order chi connectivity index (χ0) is 9.52. The Morgan fingerprint density at radius 1 is 1.62 bits per heavy atom. The van der Waals surface area contributed by atoms with Gasteiger partial charge in [0.25, 0.3) is 0 Å². The highest BCUT2D eigenvalue weighted by molar-refractivity contribution is 5.77. The van der Waals surface area contributed by atoms with Crippen LogP contribution in [0.1, 0.15) is 5.76 Å². The van der Waals surface area contributed by atoms with E-state index < -0.39 is 0 Å². The molecule has 0 aromatic carbocycles. The molecule has 1 amide bonds. The monoisotopic (exact) mass is 182 g/mol. The van der Waals surface area contributed by atoms with Crippen molar-refractivity contribution in [2.24, 2.45) is 0 Å². The van der Waals surface area contributed by atoms with Crippen molar-refractivity contribution >= 4 is 5.91 Å². The molecule has 0 bridgehead atoms. The minimum atomic E-state index is -0.000514. The van der Waals surface area contributed by atoms with Crippen LogP contribution in [0.3, 0.4) is 0 Å². The summed E-state index contributed by atoms with van der Waals surface area (Å²) in [6, 6.07) is 3.77. The third-order valence-electron chi connectivity index (χ3n) is 1.69. The van der Waals surface area contributed by atoms with E-state index in [0.29, 0.717) is 6.54 Å². The summed E-state index contributed by atoms with van der Waals surface area (Å²) >= 11 is 0. The van der Waals surface area contributed by atoms with Crippen LogP contribution >= 0.6 is 0 Å². The largest absolute Gasteiger partial charge is 0.469 e. The maximum absolute atomic E-state index is 10.8. The van der Waals surface area contributed by atoms with Gasteiger partial charge in [-0.2, -0.15) is 0 Å². The standard InChI is InChI=1S/C9H14N2O2/c1-10-9(12)7-11-5-4-8-3-2-6-13-8/h2-3,6,11H,4-5,7H2,1H3,(H,10,12). The molecule has 1 aromatic rings. The van der Waals surface area contributed by atoms with Crippen LogP contribution in [0.25, 0.3) is 0 Å². The van der Waals surface area contributed by atoms with Gasteiger partial charge in [-0.05, 0) is 12.1 Å². The number of furan rings is 1. The molecule has 4 heteroatoms. The first-order chi connectivity index (χ1) is 6.33. The predicted molar refractivity (Wildman–Crippen MR) is 49.3 cm³/mol. The zero-order valence-electron chi connectivity index (χ0n) is 7.67. The van der Waals surface area contributed by atoms with Crippen LogP contribution in [-0.4, -0.2) is 26.0 Å². The van der Waals surface area contributed by atoms with Crippen LogP contribution in [-0.2, 0) is 11.2 Å². The summed E-state index contributed by atoms with van der Waals surface area (Å²) in [6.07, 6.45) is 2.46. The van der Waals surface area contributed by atoms with E-state index in [9.17, 15) is 4.79 Å². The summed E-state index contributed by atoms with van der Waals surface area (Å²) in [6.45, 7) is 1.11. The van der Waals surface area contributed by atoms with Gasteiger partial charge in [0.2, 0.25) is 5.91 Å². The van der Waals surface area contributed by atoms with Gasteiger partial charge in [0.05, 0.1) is 12.8 Å². The van der Waals surface area contributed by atoms with Gasteiger partial charge in [-0.15, -0.1) is 0 Å². The second-order valence-corrected chi connectivity index (χ2v) is 2.68. The summed E-state index contributed by atoms with van der Waals surface area (Å²) in [5.74, 6) is 0.934. The van der Waals surface area contributed by atoms with Crippen LogP contribution in [0, 0.1) is 0 Å². The molecule has 0 unspecified atom stereocenters. The molecular weight excluding hydrogens is 168 g/mol. The molecule has 1 rings (SSSR count). The summed E-state index contributed by atoms with van der Waals surface area (Å²) < 4.78 is 5.13. The summed E-state index contributed by atoms with van der Waals surface area (Å²) in [5, 5.41) is 5.54. The fourth-order valence-corrected chi connectivity index (χ4v) is 0.957. The number of likely N-dealkylation sites (N-methyl/N-ethyl adjacent to an activating group) is 1. The molecule has 72 valence electrons.